The van der Waals surface area contributed by atoms with Crippen molar-refractivity contribution in [1.82, 2.24) is 0 Å². The number of hydrogen-bond donors (Lipinski definition) is 1. The fourth-order valence-electron chi connectivity index (χ4n) is 1.82. The summed E-state index contributed by atoms with van der Waals surface area (Å²) in [6.07, 6.45) is 2.07. The van der Waals surface area contributed by atoms with Gasteiger partial charge in [0.05, 0.1) is 17.9 Å². The monoisotopic (exact) mass is 282 g/mol. The molecule has 0 amide bonds. The van der Waals surface area contributed by atoms with Gasteiger partial charge in [-0.25, -0.2) is 4.79 Å². The topological polar surface area (TPSA) is 55.6 Å². The average Bonchev–Trinajstić information content (AvgIpc) is 2.38. The number of carbonyl (C=O) groups is 1. The highest BCUT2D eigenvalue weighted by Gasteiger charge is 2.18. The molecule has 0 spiro atoms. The highest BCUT2D eigenvalue weighted by Crippen LogP contribution is 2.25. The first-order chi connectivity index (χ1) is 9.01. The average molecular weight is 282 g/mol. The normalized spacial score (nSPS) is 12.0. The summed E-state index contributed by atoms with van der Waals surface area (Å²) in [5, 5.41) is 0. The van der Waals surface area contributed by atoms with Gasteiger partial charge in [-0.1, -0.05) is 0 Å². The molecule has 0 aromatic heterocycles. The van der Waals surface area contributed by atoms with Gasteiger partial charge >= 0.3 is 5.97 Å². The van der Waals surface area contributed by atoms with Crippen LogP contribution in [0.15, 0.2) is 18.2 Å². The molecule has 19 heavy (non-hydrogen) atoms. The van der Waals surface area contributed by atoms with Crippen LogP contribution in [0.1, 0.15) is 24.2 Å². The summed E-state index contributed by atoms with van der Waals surface area (Å²) in [6, 6.07) is 5.68. The van der Waals surface area contributed by atoms with E-state index in [2.05, 4.69) is 18.1 Å². The molecule has 106 valence electrons. The first-order valence-electron chi connectivity index (χ1n) is 6.29. The fourth-order valence-corrected chi connectivity index (χ4v) is 2.53. The third kappa shape index (κ3) is 4.06. The molecule has 0 aliphatic rings. The number of nitrogens with two attached hydrogens (primary N) is 1. The maximum atomic E-state index is 12.0. The van der Waals surface area contributed by atoms with Crippen molar-refractivity contribution in [2.24, 2.45) is 0 Å². The lowest BCUT2D eigenvalue weighted by Crippen LogP contribution is -2.32. The van der Waals surface area contributed by atoms with Crippen molar-refractivity contribution in [3.63, 3.8) is 0 Å². The lowest BCUT2D eigenvalue weighted by Gasteiger charge is -2.28. The molecule has 0 fully saturated rings. The molecule has 1 rings (SSSR count). The maximum Gasteiger partial charge on any atom is 0.340 e. The second-order valence-corrected chi connectivity index (χ2v) is 5.32. The molecule has 0 aliphatic carbocycles. The Hall–Kier alpha value is -1.36. The minimum Gasteiger partial charge on any atom is -0.462 e. The Morgan fingerprint density at radius 2 is 2.21 bits per heavy atom. The fraction of sp³-hybridized carbons (Fsp3) is 0.500. The van der Waals surface area contributed by atoms with Crippen molar-refractivity contribution in [3.05, 3.63) is 23.8 Å². The standard InChI is InChI=1S/C14H22N2O2S/c1-5-18-14(17)12-8-11(15)6-7-13(12)16(3)10(2)9-19-4/h6-8,10H,5,9,15H2,1-4H3. The van der Waals surface area contributed by atoms with Gasteiger partial charge < -0.3 is 15.4 Å². The van der Waals surface area contributed by atoms with E-state index in [1.807, 2.05) is 13.1 Å². The van der Waals surface area contributed by atoms with Crippen LogP contribution in [0.2, 0.25) is 0 Å². The van der Waals surface area contributed by atoms with Crippen molar-refractivity contribution in [1.29, 1.82) is 0 Å². The van der Waals surface area contributed by atoms with Gasteiger partial charge in [-0.3, -0.25) is 0 Å². The SMILES string of the molecule is CCOC(=O)c1cc(N)ccc1N(C)C(C)CSC. The van der Waals surface area contributed by atoms with Crippen molar-refractivity contribution in [2.75, 3.05) is 36.3 Å². The van der Waals surface area contributed by atoms with E-state index < -0.39 is 0 Å². The van der Waals surface area contributed by atoms with Crippen LogP contribution in [0.4, 0.5) is 11.4 Å². The van der Waals surface area contributed by atoms with Crippen molar-refractivity contribution in [2.45, 2.75) is 19.9 Å². The third-order valence-electron chi connectivity index (χ3n) is 2.96. The van der Waals surface area contributed by atoms with Gasteiger partial charge in [0, 0.05) is 24.5 Å². The number of esters is 1. The highest BCUT2D eigenvalue weighted by molar-refractivity contribution is 7.98. The Balaban J connectivity index is 3.08. The maximum absolute atomic E-state index is 12.0. The molecule has 1 aromatic rings. The summed E-state index contributed by atoms with van der Waals surface area (Å²) in [5.41, 5.74) is 7.71. The van der Waals surface area contributed by atoms with Crippen LogP contribution in [-0.4, -0.2) is 37.7 Å². The van der Waals surface area contributed by atoms with E-state index in [0.29, 0.717) is 23.9 Å². The zero-order valence-corrected chi connectivity index (χ0v) is 12.8. The molecule has 0 bridgehead atoms. The first-order valence-corrected chi connectivity index (χ1v) is 7.69. The third-order valence-corrected chi connectivity index (χ3v) is 3.78. The van der Waals surface area contributed by atoms with Gasteiger partial charge in [0.25, 0.3) is 0 Å². The quantitative estimate of drug-likeness (QED) is 0.642. The molecule has 0 radical (unpaired) electrons. The van der Waals surface area contributed by atoms with Gasteiger partial charge in [0.1, 0.15) is 0 Å². The zero-order chi connectivity index (χ0) is 14.4. The van der Waals surface area contributed by atoms with E-state index in [-0.39, 0.29) is 5.97 Å². The number of carbonyl (C=O) groups excluding carboxylic acids is 1. The number of nitrogens with zero attached hydrogens (tertiary/aromatic N) is 1. The summed E-state index contributed by atoms with van der Waals surface area (Å²) < 4.78 is 5.09. The predicted octanol–water partition coefficient (Wildman–Crippen LogP) is 2.63. The second-order valence-electron chi connectivity index (χ2n) is 4.41. The van der Waals surface area contributed by atoms with Gasteiger partial charge in [-0.15, -0.1) is 0 Å². The molecule has 0 heterocycles. The number of ether oxygens (including phenoxy) is 1. The highest BCUT2D eigenvalue weighted by atomic mass is 32.2. The van der Waals surface area contributed by atoms with E-state index in [0.717, 1.165) is 11.4 Å². The van der Waals surface area contributed by atoms with Crippen molar-refractivity contribution in [3.8, 4) is 0 Å². The van der Waals surface area contributed by atoms with E-state index in [1.165, 1.54) is 0 Å². The second kappa shape index (κ2) is 7.28. The van der Waals surface area contributed by atoms with Gasteiger partial charge in [0.2, 0.25) is 0 Å². The van der Waals surface area contributed by atoms with Crippen molar-refractivity contribution >= 4 is 29.1 Å². The molecule has 1 unspecified atom stereocenters. The van der Waals surface area contributed by atoms with E-state index >= 15 is 0 Å². The number of benzene rings is 1. The number of nitrogen functional groups attached to an aromatic ring is 1. The minimum absolute atomic E-state index is 0.326. The summed E-state index contributed by atoms with van der Waals surface area (Å²) in [4.78, 5) is 14.1. The molecular formula is C14H22N2O2S. The van der Waals surface area contributed by atoms with E-state index in [1.54, 1.807) is 30.8 Å². The van der Waals surface area contributed by atoms with Crippen LogP contribution in [0.25, 0.3) is 0 Å². The van der Waals surface area contributed by atoms with Crippen LogP contribution in [0.3, 0.4) is 0 Å². The number of thioether (sulfide) groups is 1. The summed E-state index contributed by atoms with van der Waals surface area (Å²) in [5.74, 6) is 0.663. The Morgan fingerprint density at radius 1 is 1.53 bits per heavy atom. The van der Waals surface area contributed by atoms with Gasteiger partial charge in [-0.05, 0) is 38.3 Å². The zero-order valence-electron chi connectivity index (χ0n) is 12.0. The van der Waals surface area contributed by atoms with E-state index in [9.17, 15) is 4.79 Å². The molecule has 5 heteroatoms. The van der Waals surface area contributed by atoms with Crippen LogP contribution < -0.4 is 10.6 Å². The summed E-state index contributed by atoms with van der Waals surface area (Å²) in [6.45, 7) is 4.28. The lowest BCUT2D eigenvalue weighted by molar-refractivity contribution is 0.0527. The largest absolute Gasteiger partial charge is 0.462 e. The number of anilines is 2. The number of hydrogen-bond acceptors (Lipinski definition) is 5. The summed E-state index contributed by atoms with van der Waals surface area (Å²) >= 11 is 1.78. The van der Waals surface area contributed by atoms with Crippen LogP contribution in [0, 0.1) is 0 Å². The van der Waals surface area contributed by atoms with Gasteiger partial charge in [-0.2, -0.15) is 11.8 Å². The molecule has 1 aromatic carbocycles. The smallest absolute Gasteiger partial charge is 0.340 e. The molecule has 0 saturated heterocycles. The molecule has 0 aliphatic heterocycles. The predicted molar refractivity (Wildman–Crippen MR) is 83.1 cm³/mol. The number of rotatable bonds is 6. The Morgan fingerprint density at radius 3 is 2.79 bits per heavy atom. The minimum atomic E-state index is -0.326. The Labute approximate surface area is 119 Å². The Kier molecular flexibility index (Phi) is 6.02. The van der Waals surface area contributed by atoms with Crippen LogP contribution >= 0.6 is 11.8 Å². The van der Waals surface area contributed by atoms with E-state index in [4.69, 9.17) is 10.5 Å². The van der Waals surface area contributed by atoms with Crippen LogP contribution in [0.5, 0.6) is 0 Å². The van der Waals surface area contributed by atoms with Crippen molar-refractivity contribution < 1.29 is 9.53 Å². The Bertz CT molecular complexity index is 437. The van der Waals surface area contributed by atoms with Gasteiger partial charge in [0.15, 0.2) is 0 Å². The lowest BCUT2D eigenvalue weighted by atomic mass is 10.1. The first kappa shape index (κ1) is 15.7. The molecular weight excluding hydrogens is 260 g/mol. The summed E-state index contributed by atoms with van der Waals surface area (Å²) in [7, 11) is 1.98. The molecule has 1 atom stereocenters. The molecule has 0 saturated carbocycles. The molecule has 2 N–H and O–H groups in total. The van der Waals surface area contributed by atoms with Crippen LogP contribution in [-0.2, 0) is 4.74 Å². The molecule has 4 nitrogen and oxygen atoms in total.